The highest BCUT2D eigenvalue weighted by molar-refractivity contribution is 5.98. The van der Waals surface area contributed by atoms with Crippen LogP contribution >= 0.6 is 0 Å². The van der Waals surface area contributed by atoms with Gasteiger partial charge in [0.25, 0.3) is 0 Å². The molecule has 0 radical (unpaired) electrons. The van der Waals surface area contributed by atoms with Crippen molar-refractivity contribution in [3.63, 3.8) is 0 Å². The molecular weight excluding hydrogens is 460 g/mol. The van der Waals surface area contributed by atoms with E-state index in [4.69, 9.17) is 20.9 Å². The van der Waals surface area contributed by atoms with Gasteiger partial charge in [-0.3, -0.25) is 0 Å². The van der Waals surface area contributed by atoms with Gasteiger partial charge in [-0.05, 0) is 89.8 Å². The van der Waals surface area contributed by atoms with E-state index in [2.05, 4.69) is 0 Å². The van der Waals surface area contributed by atoms with E-state index in [-0.39, 0.29) is 13.1 Å². The summed E-state index contributed by atoms with van der Waals surface area (Å²) in [4.78, 5) is 41.7. The zero-order chi connectivity index (χ0) is 27.1. The molecule has 2 aromatic carbocycles. The van der Waals surface area contributed by atoms with Crippen LogP contribution in [0.5, 0.6) is 0 Å². The molecule has 0 aromatic heterocycles. The zero-order valence-corrected chi connectivity index (χ0v) is 22.0. The van der Waals surface area contributed by atoms with Crippen LogP contribution in [0.1, 0.15) is 52.7 Å². The average molecular weight is 499 g/mol. The van der Waals surface area contributed by atoms with Gasteiger partial charge in [-0.15, -0.1) is 0 Å². The van der Waals surface area contributed by atoms with Crippen LogP contribution in [0, 0.1) is 0 Å². The van der Waals surface area contributed by atoms with Crippen LogP contribution in [0.25, 0.3) is 0 Å². The molecule has 2 aromatic rings. The number of rotatable bonds is 6. The van der Waals surface area contributed by atoms with Crippen molar-refractivity contribution in [3.8, 4) is 0 Å². The second-order valence-corrected chi connectivity index (χ2v) is 10.5. The summed E-state index contributed by atoms with van der Waals surface area (Å²) in [5, 5.41) is 0. The second kappa shape index (κ2) is 11.8. The smallest absolute Gasteiger partial charge is 0.418 e. The summed E-state index contributed by atoms with van der Waals surface area (Å²) in [6.07, 6.45) is -1.02. The number of urea groups is 1. The van der Waals surface area contributed by atoms with Gasteiger partial charge in [0, 0.05) is 24.5 Å². The molecule has 0 bridgehead atoms. The molecule has 4 amide bonds. The zero-order valence-electron chi connectivity index (χ0n) is 22.0. The lowest BCUT2D eigenvalue weighted by atomic mass is 10.1. The van der Waals surface area contributed by atoms with Crippen LogP contribution in [0.3, 0.4) is 0 Å². The highest BCUT2D eigenvalue weighted by atomic mass is 16.6. The molecular formula is C27H38N4O5. The molecule has 0 heterocycles. The molecule has 9 heteroatoms. The Morgan fingerprint density at radius 3 is 1.61 bits per heavy atom. The third kappa shape index (κ3) is 9.48. The first-order valence-corrected chi connectivity index (χ1v) is 11.9. The molecule has 0 aliphatic heterocycles. The summed E-state index contributed by atoms with van der Waals surface area (Å²) in [6, 6.07) is 13.5. The molecule has 0 fully saturated rings. The van der Waals surface area contributed by atoms with Crippen molar-refractivity contribution in [1.82, 2.24) is 9.80 Å². The first kappa shape index (κ1) is 28.5. The molecule has 4 N–H and O–H groups in total. The fraction of sp³-hybridized carbons (Fsp3) is 0.444. The molecule has 0 aliphatic rings. The second-order valence-electron chi connectivity index (χ2n) is 10.5. The van der Waals surface area contributed by atoms with Crippen LogP contribution < -0.4 is 11.5 Å². The van der Waals surface area contributed by atoms with Gasteiger partial charge in [0.15, 0.2) is 0 Å². The van der Waals surface area contributed by atoms with Crippen LogP contribution in [-0.2, 0) is 22.3 Å². The van der Waals surface area contributed by atoms with E-state index < -0.39 is 29.4 Å². The number of benzene rings is 2. The number of hydrogen-bond acceptors (Lipinski definition) is 7. The van der Waals surface area contributed by atoms with Gasteiger partial charge in [-0.25, -0.2) is 24.2 Å². The number of nitrogen functional groups attached to an aromatic ring is 2. The van der Waals surface area contributed by atoms with Gasteiger partial charge < -0.3 is 20.9 Å². The number of hydrogen-bond donors (Lipinski definition) is 2. The van der Waals surface area contributed by atoms with Crippen molar-refractivity contribution in [2.75, 3.05) is 24.6 Å². The topological polar surface area (TPSA) is 128 Å². The van der Waals surface area contributed by atoms with Crippen molar-refractivity contribution in [2.24, 2.45) is 0 Å². The maximum Gasteiger partial charge on any atom is 0.418 e. The van der Waals surface area contributed by atoms with Gasteiger partial charge in [0.2, 0.25) is 0 Å². The van der Waals surface area contributed by atoms with E-state index in [0.29, 0.717) is 24.2 Å². The standard InChI is InChI=1S/C27H38N4O5/c1-26(2,3)35-24(33)30(16-14-19-10-12-21(28)13-11-19)23(32)31(25(34)36-27(4,5)6)17-15-20-8-7-9-22(29)18-20/h7-13,18H,14-17,28-29H2,1-6H3. The number of imide groups is 2. The minimum Gasteiger partial charge on any atom is -0.443 e. The van der Waals surface area contributed by atoms with E-state index in [1.165, 1.54) is 0 Å². The molecule has 0 saturated heterocycles. The van der Waals surface area contributed by atoms with E-state index in [9.17, 15) is 14.4 Å². The Morgan fingerprint density at radius 1 is 0.694 bits per heavy atom. The monoisotopic (exact) mass is 498 g/mol. The van der Waals surface area contributed by atoms with Gasteiger partial charge >= 0.3 is 18.2 Å². The van der Waals surface area contributed by atoms with Crippen LogP contribution in [0.4, 0.5) is 25.8 Å². The van der Waals surface area contributed by atoms with Crippen molar-refractivity contribution >= 4 is 29.6 Å². The van der Waals surface area contributed by atoms with Crippen molar-refractivity contribution in [2.45, 2.75) is 65.6 Å². The maximum atomic E-state index is 13.7. The Morgan fingerprint density at radius 2 is 1.17 bits per heavy atom. The molecule has 196 valence electrons. The third-order valence-corrected chi connectivity index (χ3v) is 4.87. The summed E-state index contributed by atoms with van der Waals surface area (Å²) in [6.45, 7) is 10.2. The molecule has 2 rings (SSSR count). The van der Waals surface area contributed by atoms with Gasteiger partial charge in [-0.1, -0.05) is 24.3 Å². The number of amides is 4. The predicted molar refractivity (Wildman–Crippen MR) is 140 cm³/mol. The number of nitrogens with two attached hydrogens (primary N) is 2. The lowest BCUT2D eigenvalue weighted by molar-refractivity contribution is 0.0189. The lowest BCUT2D eigenvalue weighted by Gasteiger charge is -2.31. The minimum absolute atomic E-state index is 0.00471. The van der Waals surface area contributed by atoms with Crippen molar-refractivity contribution in [3.05, 3.63) is 59.7 Å². The number of nitrogens with zero attached hydrogens (tertiary/aromatic N) is 2. The lowest BCUT2D eigenvalue weighted by Crippen LogP contribution is -2.52. The van der Waals surface area contributed by atoms with E-state index in [1.54, 1.807) is 71.9 Å². The molecule has 0 spiro atoms. The Balaban J connectivity index is 2.33. The first-order valence-electron chi connectivity index (χ1n) is 11.9. The van der Waals surface area contributed by atoms with Crippen molar-refractivity contribution in [1.29, 1.82) is 0 Å². The molecule has 0 aliphatic carbocycles. The Bertz CT molecular complexity index is 1060. The molecule has 36 heavy (non-hydrogen) atoms. The SMILES string of the molecule is CC(C)(C)OC(=O)N(CCc1ccc(N)cc1)C(=O)N(CCc1cccc(N)c1)C(=O)OC(C)(C)C. The summed E-state index contributed by atoms with van der Waals surface area (Å²) in [5.41, 5.74) is 12.8. The fourth-order valence-electron chi connectivity index (χ4n) is 3.22. The highest BCUT2D eigenvalue weighted by Crippen LogP contribution is 2.17. The normalized spacial score (nSPS) is 11.5. The average Bonchev–Trinajstić information content (AvgIpc) is 2.73. The van der Waals surface area contributed by atoms with Crippen LogP contribution in [-0.4, -0.2) is 52.3 Å². The number of carbonyl (C=O) groups is 3. The summed E-state index contributed by atoms with van der Waals surface area (Å²) in [5.74, 6) is 0. The Labute approximate surface area is 213 Å². The molecule has 0 unspecified atom stereocenters. The predicted octanol–water partition coefficient (Wildman–Crippen LogP) is 5.23. The van der Waals surface area contributed by atoms with Crippen LogP contribution in [0.2, 0.25) is 0 Å². The first-order chi connectivity index (χ1) is 16.6. The highest BCUT2D eigenvalue weighted by Gasteiger charge is 2.35. The summed E-state index contributed by atoms with van der Waals surface area (Å²) >= 11 is 0. The Hall–Kier alpha value is -3.75. The largest absolute Gasteiger partial charge is 0.443 e. The number of anilines is 2. The fourth-order valence-corrected chi connectivity index (χ4v) is 3.22. The van der Waals surface area contributed by atoms with Gasteiger partial charge in [-0.2, -0.15) is 0 Å². The van der Waals surface area contributed by atoms with E-state index in [1.807, 2.05) is 18.2 Å². The number of ether oxygens (including phenoxy) is 2. The van der Waals surface area contributed by atoms with E-state index in [0.717, 1.165) is 20.9 Å². The molecule has 0 saturated carbocycles. The quantitative estimate of drug-likeness (QED) is 0.522. The number of carbonyl (C=O) groups excluding carboxylic acids is 3. The summed E-state index contributed by atoms with van der Waals surface area (Å²) in [7, 11) is 0. The van der Waals surface area contributed by atoms with Crippen molar-refractivity contribution < 1.29 is 23.9 Å². The van der Waals surface area contributed by atoms with Crippen LogP contribution in [0.15, 0.2) is 48.5 Å². The van der Waals surface area contributed by atoms with Gasteiger partial charge in [0.1, 0.15) is 11.2 Å². The van der Waals surface area contributed by atoms with Gasteiger partial charge in [0.05, 0.1) is 0 Å². The molecule has 0 atom stereocenters. The minimum atomic E-state index is -0.850. The van der Waals surface area contributed by atoms with E-state index >= 15 is 0 Å². The molecule has 9 nitrogen and oxygen atoms in total. The Kier molecular flexibility index (Phi) is 9.33. The maximum absolute atomic E-state index is 13.7. The third-order valence-electron chi connectivity index (χ3n) is 4.87. The summed E-state index contributed by atoms with van der Waals surface area (Å²) < 4.78 is 11.0.